The van der Waals surface area contributed by atoms with E-state index in [1.807, 2.05) is 13.1 Å². The summed E-state index contributed by atoms with van der Waals surface area (Å²) in [4.78, 5) is 17.5. The van der Waals surface area contributed by atoms with Crippen LogP contribution in [0.3, 0.4) is 0 Å². The fraction of sp³-hybridized carbons (Fsp3) is 0.188. The summed E-state index contributed by atoms with van der Waals surface area (Å²) < 4.78 is 12.3. The molecule has 0 saturated heterocycles. The van der Waals surface area contributed by atoms with Crippen LogP contribution < -0.4 is 20.9 Å². The third-order valence-corrected chi connectivity index (χ3v) is 4.69. The molecule has 2 aromatic heterocycles. The Hall–Kier alpha value is -3.38. The zero-order valence-electron chi connectivity index (χ0n) is 15.6. The van der Waals surface area contributed by atoms with Gasteiger partial charge in [0.05, 0.1) is 31.1 Å². The van der Waals surface area contributed by atoms with Gasteiger partial charge in [-0.1, -0.05) is 0 Å². The smallest absolute Gasteiger partial charge is 0.324 e. The highest BCUT2D eigenvalue weighted by molar-refractivity contribution is 7.17. The summed E-state index contributed by atoms with van der Waals surface area (Å²) >= 11 is 1.42. The van der Waals surface area contributed by atoms with Crippen LogP contribution in [-0.2, 0) is 0 Å². The monoisotopic (exact) mass is 439 g/mol. The van der Waals surface area contributed by atoms with Crippen molar-refractivity contribution in [1.82, 2.24) is 9.38 Å². The molecule has 4 N–H and O–H groups in total. The van der Waals surface area contributed by atoms with Crippen molar-refractivity contribution in [3.8, 4) is 22.8 Å². The van der Waals surface area contributed by atoms with Crippen LogP contribution in [-0.4, -0.2) is 40.7 Å². The number of methoxy groups -OCH3 is 2. The van der Waals surface area contributed by atoms with Crippen LogP contribution in [0.2, 0.25) is 0 Å². The first kappa shape index (κ1) is 21.9. The second-order valence-corrected chi connectivity index (χ2v) is 6.77. The van der Waals surface area contributed by atoms with E-state index in [2.05, 4.69) is 15.2 Å². The summed E-state index contributed by atoms with van der Waals surface area (Å²) in [6.45, 7) is 1.92. The number of hydrogen-bond acceptors (Lipinski definition) is 8. The number of imidazole rings is 1. The number of guanidine groups is 1. The number of nitrogens with zero attached hydrogens (tertiary/aromatic N) is 5. The SMILES string of the molecule is COc1ccc(OC)c([N+](=O)[O-])c1-c1nc2sc(C)cn2c1/C=N/N=C(N)N.Cl. The standard InChI is InChI=1S/C16H17N7O4S.ClH/c1-8-7-22-9(6-19-21-15(17)18)13(20-16(22)28-8)12-10(26-2)4-5-11(27-3)14(12)23(24)25;/h4-7H,1-3H3,(H4,17,18,21);1H/b19-6+;. The van der Waals surface area contributed by atoms with Gasteiger partial charge in [0.15, 0.2) is 10.7 Å². The van der Waals surface area contributed by atoms with Crippen LogP contribution in [0.4, 0.5) is 5.69 Å². The Balaban J connectivity index is 0.00000300. The normalized spacial score (nSPS) is 10.7. The van der Waals surface area contributed by atoms with Crippen molar-refractivity contribution >= 4 is 46.6 Å². The number of ether oxygens (including phenoxy) is 2. The van der Waals surface area contributed by atoms with E-state index >= 15 is 0 Å². The van der Waals surface area contributed by atoms with Crippen LogP contribution in [0.25, 0.3) is 16.2 Å². The van der Waals surface area contributed by atoms with Crippen LogP contribution in [0.15, 0.2) is 28.5 Å². The molecule has 0 aliphatic rings. The zero-order chi connectivity index (χ0) is 20.4. The molecule has 0 spiro atoms. The summed E-state index contributed by atoms with van der Waals surface area (Å²) in [5.41, 5.74) is 11.3. The third-order valence-electron chi connectivity index (χ3n) is 3.79. The first-order valence-corrected chi connectivity index (χ1v) is 8.69. The first-order chi connectivity index (χ1) is 13.4. The average Bonchev–Trinajstić information content (AvgIpc) is 3.16. The van der Waals surface area contributed by atoms with Gasteiger partial charge in [-0.25, -0.2) is 4.98 Å². The maximum Gasteiger partial charge on any atom is 0.324 e. The van der Waals surface area contributed by atoms with Crippen molar-refractivity contribution in [2.45, 2.75) is 6.92 Å². The quantitative estimate of drug-likeness (QED) is 0.258. The average molecular weight is 440 g/mol. The number of aromatic nitrogens is 2. The minimum Gasteiger partial charge on any atom is -0.496 e. The van der Waals surface area contributed by atoms with Crippen molar-refractivity contribution in [3.63, 3.8) is 0 Å². The Morgan fingerprint density at radius 3 is 2.55 bits per heavy atom. The number of hydrogen-bond donors (Lipinski definition) is 2. The fourth-order valence-electron chi connectivity index (χ4n) is 2.73. The lowest BCUT2D eigenvalue weighted by Crippen LogP contribution is -2.21. The van der Waals surface area contributed by atoms with E-state index in [-0.39, 0.29) is 41.1 Å². The summed E-state index contributed by atoms with van der Waals surface area (Å²) in [5.74, 6) is 0.136. The number of nitro benzene ring substituents is 1. The van der Waals surface area contributed by atoms with E-state index in [9.17, 15) is 10.1 Å². The van der Waals surface area contributed by atoms with Gasteiger partial charge in [0.25, 0.3) is 0 Å². The molecule has 11 nitrogen and oxygen atoms in total. The summed E-state index contributed by atoms with van der Waals surface area (Å²) in [6.07, 6.45) is 3.22. The van der Waals surface area contributed by atoms with Gasteiger partial charge in [-0.3, -0.25) is 14.5 Å². The largest absolute Gasteiger partial charge is 0.496 e. The van der Waals surface area contributed by atoms with Crippen molar-refractivity contribution in [1.29, 1.82) is 0 Å². The maximum absolute atomic E-state index is 11.8. The van der Waals surface area contributed by atoms with Crippen molar-refractivity contribution < 1.29 is 14.4 Å². The molecule has 29 heavy (non-hydrogen) atoms. The topological polar surface area (TPSA) is 156 Å². The maximum atomic E-state index is 11.8. The molecular weight excluding hydrogens is 422 g/mol. The van der Waals surface area contributed by atoms with Gasteiger partial charge in [-0.15, -0.1) is 28.8 Å². The number of aryl methyl sites for hydroxylation is 1. The molecule has 0 atom stereocenters. The van der Waals surface area contributed by atoms with Gasteiger partial charge in [0.1, 0.15) is 17.0 Å². The van der Waals surface area contributed by atoms with Crippen LogP contribution in [0.5, 0.6) is 11.5 Å². The van der Waals surface area contributed by atoms with E-state index in [1.165, 1.54) is 37.8 Å². The molecule has 13 heteroatoms. The second-order valence-electron chi connectivity index (χ2n) is 5.56. The van der Waals surface area contributed by atoms with E-state index in [1.54, 1.807) is 10.5 Å². The highest BCUT2D eigenvalue weighted by Gasteiger charge is 2.30. The van der Waals surface area contributed by atoms with Gasteiger partial charge < -0.3 is 20.9 Å². The molecule has 0 radical (unpaired) electrons. The third kappa shape index (κ3) is 4.07. The van der Waals surface area contributed by atoms with E-state index < -0.39 is 4.92 Å². The number of nitro groups is 1. The molecule has 0 fully saturated rings. The Labute approximate surface area is 175 Å². The second kappa shape index (κ2) is 8.75. The van der Waals surface area contributed by atoms with E-state index in [0.29, 0.717) is 16.3 Å². The van der Waals surface area contributed by atoms with Gasteiger partial charge in [0.2, 0.25) is 5.96 Å². The Morgan fingerprint density at radius 1 is 1.31 bits per heavy atom. The number of nitrogens with two attached hydrogens (primary N) is 2. The predicted octanol–water partition coefficient (Wildman–Crippen LogP) is 2.33. The van der Waals surface area contributed by atoms with Gasteiger partial charge in [-0.05, 0) is 19.1 Å². The Kier molecular flexibility index (Phi) is 6.61. The minimum absolute atomic E-state index is 0. The summed E-state index contributed by atoms with van der Waals surface area (Å²) in [5, 5.41) is 19.3. The predicted molar refractivity (Wildman–Crippen MR) is 114 cm³/mol. The highest BCUT2D eigenvalue weighted by Crippen LogP contribution is 2.45. The van der Waals surface area contributed by atoms with E-state index in [0.717, 1.165) is 4.88 Å². The number of thiazole rings is 1. The Bertz CT molecular complexity index is 1120. The fourth-order valence-corrected chi connectivity index (χ4v) is 3.56. The summed E-state index contributed by atoms with van der Waals surface area (Å²) in [6, 6.07) is 3.05. The lowest BCUT2D eigenvalue weighted by Gasteiger charge is -2.11. The molecule has 1 aromatic carbocycles. The number of fused-ring (bicyclic) bond motifs is 1. The number of rotatable bonds is 6. The molecule has 2 heterocycles. The molecule has 0 amide bonds. The molecule has 0 saturated carbocycles. The molecule has 0 unspecified atom stereocenters. The van der Waals surface area contributed by atoms with Crippen molar-refractivity contribution in [2.75, 3.05) is 14.2 Å². The number of halogens is 1. The molecule has 0 aliphatic heterocycles. The summed E-state index contributed by atoms with van der Waals surface area (Å²) in [7, 11) is 2.78. The molecule has 3 rings (SSSR count). The van der Waals surface area contributed by atoms with Crippen molar-refractivity contribution in [3.05, 3.63) is 39.0 Å². The minimum atomic E-state index is -0.535. The van der Waals surface area contributed by atoms with Crippen molar-refractivity contribution in [2.24, 2.45) is 21.7 Å². The van der Waals surface area contributed by atoms with Gasteiger partial charge in [-0.2, -0.15) is 5.10 Å². The van der Waals surface area contributed by atoms with E-state index in [4.69, 9.17) is 20.9 Å². The molecule has 3 aromatic rings. The molecular formula is C16H18ClN7O4S. The van der Waals surface area contributed by atoms with Crippen LogP contribution in [0, 0.1) is 17.0 Å². The molecule has 0 aliphatic carbocycles. The lowest BCUT2D eigenvalue weighted by molar-refractivity contribution is -0.385. The van der Waals surface area contributed by atoms with Gasteiger partial charge >= 0.3 is 5.69 Å². The lowest BCUT2D eigenvalue weighted by atomic mass is 10.1. The van der Waals surface area contributed by atoms with Crippen LogP contribution in [0.1, 0.15) is 10.6 Å². The van der Waals surface area contributed by atoms with Crippen LogP contribution >= 0.6 is 23.7 Å². The Morgan fingerprint density at radius 2 is 1.97 bits per heavy atom. The number of benzene rings is 1. The first-order valence-electron chi connectivity index (χ1n) is 7.87. The highest BCUT2D eigenvalue weighted by atomic mass is 35.5. The van der Waals surface area contributed by atoms with Gasteiger partial charge in [0, 0.05) is 11.1 Å². The molecule has 0 bridgehead atoms. The molecule has 154 valence electrons. The zero-order valence-corrected chi connectivity index (χ0v) is 17.3.